The van der Waals surface area contributed by atoms with Gasteiger partial charge in [-0.2, -0.15) is 0 Å². The Kier molecular flexibility index (Phi) is 5.76. The van der Waals surface area contributed by atoms with Crippen molar-refractivity contribution in [2.24, 2.45) is 0 Å². The third-order valence-corrected chi connectivity index (χ3v) is 10.9. The molecule has 0 fully saturated rings. The summed E-state index contributed by atoms with van der Waals surface area (Å²) in [5, 5.41) is 20.4. The molecule has 11 aromatic carbocycles. The topological polar surface area (TPSA) is 0 Å². The largest absolute Gasteiger partial charge is 0.0616 e. The predicted octanol–water partition coefficient (Wildman–Crippen LogP) is 14.2. The Balaban J connectivity index is 1.30. The van der Waals surface area contributed by atoms with Gasteiger partial charge in [0, 0.05) is 0 Å². The molecule has 230 valence electrons. The van der Waals surface area contributed by atoms with Gasteiger partial charge in [-0.05, 0) is 145 Å². The van der Waals surface area contributed by atoms with Crippen LogP contribution in [-0.2, 0) is 0 Å². The summed E-state index contributed by atoms with van der Waals surface area (Å²) in [4.78, 5) is 0. The van der Waals surface area contributed by atoms with Gasteiger partial charge in [0.15, 0.2) is 0 Å². The molecule has 11 rings (SSSR count). The maximum atomic E-state index is 2.44. The van der Waals surface area contributed by atoms with Crippen LogP contribution in [0.4, 0.5) is 0 Å². The van der Waals surface area contributed by atoms with E-state index in [0.29, 0.717) is 0 Å². The van der Waals surface area contributed by atoms with Crippen molar-refractivity contribution in [1.82, 2.24) is 0 Å². The molecule has 0 radical (unpaired) electrons. The molecule has 0 aliphatic rings. The Morgan fingerprint density at radius 1 is 0.180 bits per heavy atom. The molecule has 11 aromatic rings. The molecule has 50 heavy (non-hydrogen) atoms. The third-order valence-electron chi connectivity index (χ3n) is 10.9. The quantitative estimate of drug-likeness (QED) is 0.132. The number of hydrogen-bond acceptors (Lipinski definition) is 0. The van der Waals surface area contributed by atoms with E-state index >= 15 is 0 Å². The fourth-order valence-electron chi connectivity index (χ4n) is 8.72. The lowest BCUT2D eigenvalue weighted by Crippen LogP contribution is -1.93. The molecule has 0 N–H and O–H groups in total. The van der Waals surface area contributed by atoms with Gasteiger partial charge in [-0.1, -0.05) is 146 Å². The first-order valence-corrected chi connectivity index (χ1v) is 17.4. The standard InChI is InChI=1S/C50H30/c1-3-15-33-27-45-35(25-31(33)13-1)29-47(39-19-7-5-17-37(39)45)49-41-21-9-11-23-43(41)50(44-24-12-10-22-42(44)49)48-30-36-26-32-14-2-4-16-34(32)28-46(36)38-18-6-8-20-40(38)48/h1-30H. The van der Waals surface area contributed by atoms with Crippen LogP contribution in [0.3, 0.4) is 0 Å². The van der Waals surface area contributed by atoms with E-state index in [1.54, 1.807) is 0 Å². The maximum Gasteiger partial charge on any atom is -0.00199 e. The van der Waals surface area contributed by atoms with Crippen LogP contribution in [0.1, 0.15) is 0 Å². The Hall–Kier alpha value is -6.50. The summed E-state index contributed by atoms with van der Waals surface area (Å²) in [7, 11) is 0. The van der Waals surface area contributed by atoms with Crippen molar-refractivity contribution in [1.29, 1.82) is 0 Å². The Labute approximate surface area is 289 Å². The van der Waals surface area contributed by atoms with E-state index in [1.807, 2.05) is 0 Å². The van der Waals surface area contributed by atoms with Crippen LogP contribution < -0.4 is 0 Å². The molecule has 0 aliphatic carbocycles. The maximum absolute atomic E-state index is 2.44. The molecule has 0 aromatic heterocycles. The van der Waals surface area contributed by atoms with Crippen molar-refractivity contribution in [2.45, 2.75) is 0 Å². The first-order chi connectivity index (χ1) is 24.8. The molecule has 0 amide bonds. The summed E-state index contributed by atoms with van der Waals surface area (Å²) in [5.74, 6) is 0. The summed E-state index contributed by atoms with van der Waals surface area (Å²) in [6.45, 7) is 0. The van der Waals surface area contributed by atoms with Crippen molar-refractivity contribution < 1.29 is 0 Å². The van der Waals surface area contributed by atoms with Crippen LogP contribution in [0.15, 0.2) is 182 Å². The Morgan fingerprint density at radius 2 is 0.460 bits per heavy atom. The minimum absolute atomic E-state index is 1.27. The van der Waals surface area contributed by atoms with Crippen LogP contribution in [0.2, 0.25) is 0 Å². The van der Waals surface area contributed by atoms with E-state index in [4.69, 9.17) is 0 Å². The molecule has 0 unspecified atom stereocenters. The van der Waals surface area contributed by atoms with Crippen LogP contribution in [0.25, 0.3) is 108 Å². The van der Waals surface area contributed by atoms with E-state index in [2.05, 4.69) is 182 Å². The average molecular weight is 631 g/mol. The van der Waals surface area contributed by atoms with E-state index in [-0.39, 0.29) is 0 Å². The molecule has 0 saturated heterocycles. The van der Waals surface area contributed by atoms with Gasteiger partial charge in [0.05, 0.1) is 0 Å². The predicted molar refractivity (Wildman–Crippen MR) is 217 cm³/mol. The van der Waals surface area contributed by atoms with Gasteiger partial charge in [-0.15, -0.1) is 0 Å². The smallest absolute Gasteiger partial charge is 0.00199 e. The van der Waals surface area contributed by atoms with Crippen LogP contribution in [0.5, 0.6) is 0 Å². The third kappa shape index (κ3) is 3.94. The van der Waals surface area contributed by atoms with Crippen molar-refractivity contribution in [3.8, 4) is 22.3 Å². The first kappa shape index (κ1) is 27.5. The van der Waals surface area contributed by atoms with Gasteiger partial charge < -0.3 is 0 Å². The summed E-state index contributed by atoms with van der Waals surface area (Å²) >= 11 is 0. The lowest BCUT2D eigenvalue weighted by atomic mass is 9.82. The summed E-state index contributed by atoms with van der Waals surface area (Å²) in [5.41, 5.74) is 5.14. The van der Waals surface area contributed by atoms with Crippen molar-refractivity contribution >= 4 is 86.2 Å². The van der Waals surface area contributed by atoms with Gasteiger partial charge in [0.1, 0.15) is 0 Å². The zero-order chi connectivity index (χ0) is 32.8. The van der Waals surface area contributed by atoms with Crippen LogP contribution in [-0.4, -0.2) is 0 Å². The minimum Gasteiger partial charge on any atom is -0.0616 e. The minimum atomic E-state index is 1.27. The second-order valence-electron chi connectivity index (χ2n) is 13.6. The van der Waals surface area contributed by atoms with E-state index < -0.39 is 0 Å². The summed E-state index contributed by atoms with van der Waals surface area (Å²) < 4.78 is 0. The van der Waals surface area contributed by atoms with Crippen LogP contribution >= 0.6 is 0 Å². The fraction of sp³-hybridized carbons (Fsp3) is 0. The van der Waals surface area contributed by atoms with E-state index in [9.17, 15) is 0 Å². The molecule has 0 heterocycles. The monoisotopic (exact) mass is 630 g/mol. The molecule has 0 heteroatoms. The van der Waals surface area contributed by atoms with Crippen molar-refractivity contribution in [2.75, 3.05) is 0 Å². The highest BCUT2D eigenvalue weighted by molar-refractivity contribution is 6.29. The highest BCUT2D eigenvalue weighted by Crippen LogP contribution is 2.48. The van der Waals surface area contributed by atoms with Crippen LogP contribution in [0, 0.1) is 0 Å². The molecule has 0 spiro atoms. The number of rotatable bonds is 2. The second-order valence-corrected chi connectivity index (χ2v) is 13.6. The summed E-state index contributed by atoms with van der Waals surface area (Å²) in [6, 6.07) is 67.8. The number of fused-ring (bicyclic) bond motifs is 10. The van der Waals surface area contributed by atoms with E-state index in [0.717, 1.165) is 0 Å². The lowest BCUT2D eigenvalue weighted by molar-refractivity contribution is 1.71. The fourth-order valence-corrected chi connectivity index (χ4v) is 8.72. The van der Waals surface area contributed by atoms with Gasteiger partial charge in [-0.25, -0.2) is 0 Å². The Bertz CT molecular complexity index is 2930. The van der Waals surface area contributed by atoms with Crippen molar-refractivity contribution in [3.63, 3.8) is 0 Å². The molecular formula is C50H30. The molecule has 0 nitrogen and oxygen atoms in total. The van der Waals surface area contributed by atoms with Gasteiger partial charge in [0.2, 0.25) is 0 Å². The SMILES string of the molecule is c1ccc2cc3c(cc(-c4c5ccccc5c(-c5cc6cc7ccccc7cc6c6ccccc56)c5ccccc45)c4ccccc43)cc2c1. The molecule has 0 atom stereocenters. The highest BCUT2D eigenvalue weighted by Gasteiger charge is 2.21. The number of benzene rings is 11. The molecule has 0 saturated carbocycles. The van der Waals surface area contributed by atoms with Crippen molar-refractivity contribution in [3.05, 3.63) is 182 Å². The van der Waals surface area contributed by atoms with E-state index in [1.165, 1.54) is 108 Å². The zero-order valence-corrected chi connectivity index (χ0v) is 27.3. The molecule has 0 bridgehead atoms. The second kappa shape index (κ2) is 10.5. The first-order valence-electron chi connectivity index (χ1n) is 17.4. The normalized spacial score (nSPS) is 12.0. The average Bonchev–Trinajstić information content (AvgIpc) is 3.18. The van der Waals surface area contributed by atoms with Gasteiger partial charge >= 0.3 is 0 Å². The molecule has 0 aliphatic heterocycles. The zero-order valence-electron chi connectivity index (χ0n) is 27.3. The Morgan fingerprint density at radius 3 is 0.820 bits per heavy atom. The molecular weight excluding hydrogens is 601 g/mol. The lowest BCUT2D eigenvalue weighted by Gasteiger charge is -2.21. The highest BCUT2D eigenvalue weighted by atomic mass is 14.2. The van der Waals surface area contributed by atoms with Gasteiger partial charge in [0.25, 0.3) is 0 Å². The van der Waals surface area contributed by atoms with Gasteiger partial charge in [-0.3, -0.25) is 0 Å². The summed E-state index contributed by atoms with van der Waals surface area (Å²) in [6.07, 6.45) is 0. The number of hydrogen-bond donors (Lipinski definition) is 0.